The van der Waals surface area contributed by atoms with Crippen molar-refractivity contribution in [1.82, 2.24) is 4.90 Å². The fraction of sp³-hybridized carbons (Fsp3) is 0.559. The maximum atomic E-state index is 13.1. The van der Waals surface area contributed by atoms with Crippen LogP contribution in [0, 0.1) is 5.92 Å². The Labute approximate surface area is 249 Å². The Morgan fingerprint density at radius 2 is 1.60 bits per heavy atom. The summed E-state index contributed by atoms with van der Waals surface area (Å²) in [5, 5.41) is 0.827. The Kier molecular flexibility index (Phi) is 11.0. The second-order valence-electron chi connectivity index (χ2n) is 11.3. The van der Waals surface area contributed by atoms with Gasteiger partial charge in [0.25, 0.3) is 0 Å². The van der Waals surface area contributed by atoms with Crippen LogP contribution in [0.1, 0.15) is 75.0 Å². The molecule has 1 aliphatic rings. The third-order valence-corrected chi connectivity index (χ3v) is 8.46. The van der Waals surface area contributed by atoms with E-state index < -0.39 is 0 Å². The molecule has 4 rings (SSSR count). The van der Waals surface area contributed by atoms with Gasteiger partial charge < -0.3 is 33.0 Å². The van der Waals surface area contributed by atoms with Crippen LogP contribution < -0.4 is 29.3 Å². The molecule has 2 heterocycles. The fourth-order valence-corrected chi connectivity index (χ4v) is 6.39. The Morgan fingerprint density at radius 3 is 2.19 bits per heavy atom. The van der Waals surface area contributed by atoms with E-state index in [-0.39, 0.29) is 11.5 Å². The first kappa shape index (κ1) is 31.5. The summed E-state index contributed by atoms with van der Waals surface area (Å²) in [5.41, 5.74) is 2.85. The van der Waals surface area contributed by atoms with E-state index in [2.05, 4.69) is 18.7 Å². The van der Waals surface area contributed by atoms with Gasteiger partial charge in [-0.25, -0.2) is 4.79 Å². The second-order valence-corrected chi connectivity index (χ2v) is 11.3. The molecule has 0 radical (unpaired) electrons. The zero-order chi connectivity index (χ0) is 30.2. The summed E-state index contributed by atoms with van der Waals surface area (Å²) < 4.78 is 35.1. The molecule has 0 saturated carbocycles. The van der Waals surface area contributed by atoms with Gasteiger partial charge >= 0.3 is 5.63 Å². The highest BCUT2D eigenvalue weighted by atomic mass is 16.5. The number of piperidine rings is 1. The van der Waals surface area contributed by atoms with Crippen LogP contribution in [0.3, 0.4) is 0 Å². The van der Waals surface area contributed by atoms with Crippen LogP contribution >= 0.6 is 0 Å². The topological polar surface area (TPSA) is 79.6 Å². The van der Waals surface area contributed by atoms with Crippen LogP contribution in [0.25, 0.3) is 11.0 Å². The number of fused-ring (bicyclic) bond motifs is 1. The van der Waals surface area contributed by atoms with Crippen molar-refractivity contribution in [1.29, 1.82) is 0 Å². The number of ether oxygens (including phenoxy) is 5. The minimum Gasteiger partial charge on any atom is -0.496 e. The summed E-state index contributed by atoms with van der Waals surface area (Å²) in [6, 6.07) is 7.52. The maximum Gasteiger partial charge on any atom is 0.336 e. The lowest BCUT2D eigenvalue weighted by Gasteiger charge is -2.32. The largest absolute Gasteiger partial charge is 0.496 e. The van der Waals surface area contributed by atoms with Gasteiger partial charge in [0.1, 0.15) is 17.1 Å². The van der Waals surface area contributed by atoms with Gasteiger partial charge in [0.05, 0.1) is 40.9 Å². The van der Waals surface area contributed by atoms with Crippen molar-refractivity contribution in [3.8, 4) is 28.7 Å². The van der Waals surface area contributed by atoms with E-state index in [1.807, 2.05) is 18.2 Å². The molecule has 1 fully saturated rings. The zero-order valence-electron chi connectivity index (χ0n) is 26.3. The average Bonchev–Trinajstić information content (AvgIpc) is 3.00. The number of methoxy groups -OCH3 is 5. The van der Waals surface area contributed by atoms with Gasteiger partial charge in [-0.3, -0.25) is 0 Å². The molecule has 3 aromatic rings. The number of nitrogens with zero attached hydrogens (tertiary/aromatic N) is 1. The van der Waals surface area contributed by atoms with E-state index in [4.69, 9.17) is 28.1 Å². The van der Waals surface area contributed by atoms with Crippen LogP contribution in [0.2, 0.25) is 0 Å². The lowest BCUT2D eigenvalue weighted by Crippen LogP contribution is -2.35. The van der Waals surface area contributed by atoms with Crippen molar-refractivity contribution >= 4 is 11.0 Å². The van der Waals surface area contributed by atoms with E-state index in [0.29, 0.717) is 40.2 Å². The SMILES string of the molecule is CCCCCc1cc(=O)oc2c([C@H](CCN3CCC[C@H](C)C3)c3cc(OC)c(OC)c(OC)c3)c(OC)cc(OC)c12. The fourth-order valence-electron chi connectivity index (χ4n) is 6.39. The maximum absolute atomic E-state index is 13.1. The van der Waals surface area contributed by atoms with Crippen LogP contribution in [-0.4, -0.2) is 60.1 Å². The molecule has 230 valence electrons. The third kappa shape index (κ3) is 6.80. The molecular weight excluding hydrogens is 534 g/mol. The van der Waals surface area contributed by atoms with Gasteiger partial charge in [-0.15, -0.1) is 0 Å². The summed E-state index contributed by atoms with van der Waals surface area (Å²) in [5.74, 6) is 3.38. The number of unbranched alkanes of at least 4 members (excludes halogenated alkanes) is 2. The Morgan fingerprint density at radius 1 is 0.905 bits per heavy atom. The van der Waals surface area contributed by atoms with E-state index in [0.717, 1.165) is 73.8 Å². The van der Waals surface area contributed by atoms with Crippen LogP contribution in [0.5, 0.6) is 28.7 Å². The number of rotatable bonds is 14. The predicted molar refractivity (Wildman–Crippen MR) is 166 cm³/mol. The van der Waals surface area contributed by atoms with Gasteiger partial charge in [-0.05, 0) is 74.4 Å². The van der Waals surface area contributed by atoms with Crippen LogP contribution in [0.15, 0.2) is 33.5 Å². The number of benzene rings is 2. The first-order valence-electron chi connectivity index (χ1n) is 15.1. The quantitative estimate of drug-likeness (QED) is 0.152. The molecular formula is C34H47NO7. The van der Waals surface area contributed by atoms with E-state index in [9.17, 15) is 4.79 Å². The van der Waals surface area contributed by atoms with Gasteiger partial charge in [0, 0.05) is 30.2 Å². The number of hydrogen-bond donors (Lipinski definition) is 0. The minimum absolute atomic E-state index is 0.201. The average molecular weight is 582 g/mol. The van der Waals surface area contributed by atoms with E-state index in [1.165, 1.54) is 12.8 Å². The van der Waals surface area contributed by atoms with Crippen molar-refractivity contribution in [2.75, 3.05) is 55.2 Å². The van der Waals surface area contributed by atoms with Gasteiger partial charge in [0.15, 0.2) is 11.5 Å². The molecule has 8 heteroatoms. The number of aryl methyl sites for hydroxylation is 1. The summed E-state index contributed by atoms with van der Waals surface area (Å²) in [6.45, 7) is 7.51. The highest BCUT2D eigenvalue weighted by Crippen LogP contribution is 2.47. The molecule has 0 N–H and O–H groups in total. The summed E-state index contributed by atoms with van der Waals surface area (Å²) in [7, 11) is 8.13. The second kappa shape index (κ2) is 14.7. The van der Waals surface area contributed by atoms with Gasteiger partial charge in [-0.1, -0.05) is 26.7 Å². The molecule has 0 bridgehead atoms. The smallest absolute Gasteiger partial charge is 0.336 e. The lowest BCUT2D eigenvalue weighted by atomic mass is 9.85. The first-order valence-corrected chi connectivity index (χ1v) is 15.1. The Hall–Kier alpha value is -3.39. The molecule has 0 aliphatic carbocycles. The van der Waals surface area contributed by atoms with Crippen molar-refractivity contribution in [2.45, 2.75) is 64.7 Å². The van der Waals surface area contributed by atoms with E-state index in [1.54, 1.807) is 41.6 Å². The van der Waals surface area contributed by atoms with Crippen molar-refractivity contribution < 1.29 is 28.1 Å². The standard InChI is InChI=1S/C34H47NO7/c1-8-9-10-13-23-19-30(36)42-34-31(23)26(37-3)20-27(38-4)32(34)25(14-16-35-15-11-12-22(2)21-35)24-17-28(39-5)33(41-7)29(18-24)40-6/h17-20,22,25H,8-16,21H2,1-7H3/t22-,25+/m0/s1. The first-order chi connectivity index (χ1) is 20.4. The van der Waals surface area contributed by atoms with Gasteiger partial charge in [0.2, 0.25) is 5.75 Å². The molecule has 0 spiro atoms. The molecule has 42 heavy (non-hydrogen) atoms. The minimum atomic E-state index is -0.376. The van der Waals surface area contributed by atoms with E-state index >= 15 is 0 Å². The Bertz CT molecular complexity index is 1370. The molecule has 0 amide bonds. The molecule has 8 nitrogen and oxygen atoms in total. The summed E-state index contributed by atoms with van der Waals surface area (Å²) in [6.07, 6.45) is 7.13. The predicted octanol–water partition coefficient (Wildman–Crippen LogP) is 6.82. The molecule has 1 saturated heterocycles. The molecule has 0 unspecified atom stereocenters. The molecule has 2 aromatic carbocycles. The van der Waals surface area contributed by atoms with Gasteiger partial charge in [-0.2, -0.15) is 0 Å². The normalized spacial score (nSPS) is 16.3. The third-order valence-electron chi connectivity index (χ3n) is 8.46. The highest BCUT2D eigenvalue weighted by molar-refractivity contribution is 5.92. The molecule has 1 aliphatic heterocycles. The van der Waals surface area contributed by atoms with Crippen molar-refractivity contribution in [3.63, 3.8) is 0 Å². The van der Waals surface area contributed by atoms with Crippen molar-refractivity contribution in [3.05, 3.63) is 51.4 Å². The van der Waals surface area contributed by atoms with Crippen LogP contribution in [-0.2, 0) is 6.42 Å². The number of likely N-dealkylation sites (tertiary alicyclic amines) is 1. The number of hydrogen-bond acceptors (Lipinski definition) is 8. The summed E-state index contributed by atoms with van der Waals surface area (Å²) in [4.78, 5) is 15.6. The highest BCUT2D eigenvalue weighted by Gasteiger charge is 2.30. The summed E-state index contributed by atoms with van der Waals surface area (Å²) >= 11 is 0. The Balaban J connectivity index is 1.97. The monoisotopic (exact) mass is 581 g/mol. The zero-order valence-corrected chi connectivity index (χ0v) is 26.3. The van der Waals surface area contributed by atoms with Crippen LogP contribution in [0.4, 0.5) is 0 Å². The van der Waals surface area contributed by atoms with Crippen molar-refractivity contribution in [2.24, 2.45) is 5.92 Å². The molecule has 2 atom stereocenters. The lowest BCUT2D eigenvalue weighted by molar-refractivity contribution is 0.180. The molecule has 1 aromatic heterocycles.